The first-order valence-corrected chi connectivity index (χ1v) is 5.65. The van der Waals surface area contributed by atoms with Crippen LogP contribution in [0.4, 0.5) is 11.5 Å². The molecule has 0 aliphatic carbocycles. The fraction of sp³-hybridized carbons (Fsp3) is 0.250. The number of nitrogen functional groups attached to an aromatic ring is 1. The van der Waals surface area contributed by atoms with Gasteiger partial charge in [-0.25, -0.2) is 4.98 Å². The molecule has 18 heavy (non-hydrogen) atoms. The lowest BCUT2D eigenvalue weighted by atomic mass is 10.1. The van der Waals surface area contributed by atoms with Gasteiger partial charge in [0.15, 0.2) is 5.69 Å². The molecule has 0 saturated heterocycles. The van der Waals surface area contributed by atoms with Gasteiger partial charge in [0.2, 0.25) is 0 Å². The lowest BCUT2D eigenvalue weighted by molar-refractivity contribution is 0.102. The highest BCUT2D eigenvalue weighted by Gasteiger charge is 2.18. The average molecular weight is 245 g/mol. The number of nitrogens with two attached hydrogens (primary N) is 1. The molecule has 2 aromatic heterocycles. The monoisotopic (exact) mass is 245 g/mol. The number of nitrogens with zero attached hydrogens (tertiary/aromatic N) is 2. The van der Waals surface area contributed by atoms with E-state index in [1.807, 2.05) is 13.8 Å². The van der Waals surface area contributed by atoms with Crippen LogP contribution >= 0.6 is 0 Å². The van der Waals surface area contributed by atoms with Gasteiger partial charge in [-0.1, -0.05) is 19.9 Å². The molecular weight excluding hydrogens is 230 g/mol. The van der Waals surface area contributed by atoms with E-state index in [9.17, 15) is 4.79 Å². The Morgan fingerprint density at radius 3 is 2.78 bits per heavy atom. The molecule has 4 N–H and O–H groups in total. The van der Waals surface area contributed by atoms with Crippen LogP contribution in [0.1, 0.15) is 35.9 Å². The fourth-order valence-corrected chi connectivity index (χ4v) is 1.59. The second-order valence-corrected chi connectivity index (χ2v) is 4.22. The summed E-state index contributed by atoms with van der Waals surface area (Å²) in [7, 11) is 0. The molecule has 0 radical (unpaired) electrons. The quantitative estimate of drug-likeness (QED) is 0.767. The zero-order chi connectivity index (χ0) is 13.1. The number of aromatic nitrogens is 3. The van der Waals surface area contributed by atoms with E-state index in [1.54, 1.807) is 24.4 Å². The predicted octanol–water partition coefficient (Wildman–Crippen LogP) is 1.76. The fourth-order valence-electron chi connectivity index (χ4n) is 1.59. The normalized spacial score (nSPS) is 10.6. The summed E-state index contributed by atoms with van der Waals surface area (Å²) in [6.07, 6.45) is 1.60. The van der Waals surface area contributed by atoms with Crippen molar-refractivity contribution in [2.45, 2.75) is 19.8 Å². The topological polar surface area (TPSA) is 96.7 Å². The van der Waals surface area contributed by atoms with Crippen LogP contribution < -0.4 is 11.1 Å². The number of pyridine rings is 1. The summed E-state index contributed by atoms with van der Waals surface area (Å²) >= 11 is 0. The molecule has 0 aromatic carbocycles. The van der Waals surface area contributed by atoms with Gasteiger partial charge in [-0.2, -0.15) is 5.10 Å². The highest BCUT2D eigenvalue weighted by Crippen LogP contribution is 2.22. The van der Waals surface area contributed by atoms with Crippen molar-refractivity contribution in [1.82, 2.24) is 15.2 Å². The van der Waals surface area contributed by atoms with Crippen molar-refractivity contribution in [1.29, 1.82) is 0 Å². The summed E-state index contributed by atoms with van der Waals surface area (Å²) in [5.74, 6) is 0.291. The van der Waals surface area contributed by atoms with Crippen LogP contribution in [-0.4, -0.2) is 21.1 Å². The average Bonchev–Trinajstić information content (AvgIpc) is 2.72. The highest BCUT2D eigenvalue weighted by atomic mass is 16.2. The molecule has 2 rings (SSSR count). The summed E-state index contributed by atoms with van der Waals surface area (Å²) in [6.45, 7) is 3.95. The van der Waals surface area contributed by atoms with Crippen molar-refractivity contribution in [2.75, 3.05) is 11.1 Å². The SMILES string of the molecule is CC(C)c1[nH]nc(C(=O)Nc2ccccn2)c1N. The lowest BCUT2D eigenvalue weighted by Crippen LogP contribution is -2.15. The number of carbonyl (C=O) groups is 1. The Balaban J connectivity index is 2.20. The maximum Gasteiger partial charge on any atom is 0.279 e. The third-order valence-corrected chi connectivity index (χ3v) is 2.53. The number of aromatic amines is 1. The third-order valence-electron chi connectivity index (χ3n) is 2.53. The zero-order valence-corrected chi connectivity index (χ0v) is 10.3. The molecule has 6 nitrogen and oxygen atoms in total. The summed E-state index contributed by atoms with van der Waals surface area (Å²) in [5, 5.41) is 9.37. The third kappa shape index (κ3) is 2.32. The molecule has 2 heterocycles. The largest absolute Gasteiger partial charge is 0.395 e. The van der Waals surface area contributed by atoms with E-state index in [2.05, 4.69) is 20.5 Å². The summed E-state index contributed by atoms with van der Waals surface area (Å²) < 4.78 is 0. The minimum atomic E-state index is -0.366. The van der Waals surface area contributed by atoms with Crippen LogP contribution in [0.15, 0.2) is 24.4 Å². The van der Waals surface area contributed by atoms with E-state index in [4.69, 9.17) is 5.73 Å². The highest BCUT2D eigenvalue weighted by molar-refractivity contribution is 6.06. The minimum Gasteiger partial charge on any atom is -0.395 e. The first-order chi connectivity index (χ1) is 8.59. The molecule has 2 aromatic rings. The molecule has 0 aliphatic heterocycles. The Hall–Kier alpha value is -2.37. The van der Waals surface area contributed by atoms with Gasteiger partial charge < -0.3 is 11.1 Å². The van der Waals surface area contributed by atoms with E-state index in [0.717, 1.165) is 5.69 Å². The second-order valence-electron chi connectivity index (χ2n) is 4.22. The van der Waals surface area contributed by atoms with Gasteiger partial charge in [-0.3, -0.25) is 9.89 Å². The van der Waals surface area contributed by atoms with Crippen molar-refractivity contribution in [3.8, 4) is 0 Å². The van der Waals surface area contributed by atoms with Crippen molar-refractivity contribution >= 4 is 17.4 Å². The summed E-state index contributed by atoms with van der Waals surface area (Å²) in [4.78, 5) is 16.0. The molecule has 6 heteroatoms. The molecule has 1 amide bonds. The first kappa shape index (κ1) is 12.1. The number of hydrogen-bond donors (Lipinski definition) is 3. The maximum atomic E-state index is 12.0. The molecule has 0 spiro atoms. The Labute approximate surface area is 105 Å². The van der Waals surface area contributed by atoms with E-state index >= 15 is 0 Å². The predicted molar refractivity (Wildman–Crippen MR) is 69.3 cm³/mol. The Morgan fingerprint density at radius 1 is 1.44 bits per heavy atom. The number of carbonyl (C=O) groups excluding carboxylic acids is 1. The van der Waals surface area contributed by atoms with Crippen LogP contribution in [0.3, 0.4) is 0 Å². The minimum absolute atomic E-state index is 0.189. The van der Waals surface area contributed by atoms with Gasteiger partial charge in [0.1, 0.15) is 5.82 Å². The number of amides is 1. The standard InChI is InChI=1S/C12H15N5O/c1-7(2)10-9(13)11(17-16-10)12(18)15-8-5-3-4-6-14-8/h3-7H,13H2,1-2H3,(H,16,17)(H,14,15,18). The van der Waals surface area contributed by atoms with E-state index < -0.39 is 0 Å². The summed E-state index contributed by atoms with van der Waals surface area (Å²) in [5.41, 5.74) is 7.23. The molecule has 0 atom stereocenters. The molecule has 0 bridgehead atoms. The van der Waals surface area contributed by atoms with Crippen molar-refractivity contribution in [2.24, 2.45) is 0 Å². The summed E-state index contributed by atoms with van der Waals surface area (Å²) in [6, 6.07) is 5.26. The Kier molecular flexibility index (Phi) is 3.27. The van der Waals surface area contributed by atoms with E-state index in [-0.39, 0.29) is 17.5 Å². The molecule has 0 fully saturated rings. The maximum absolute atomic E-state index is 12.0. The zero-order valence-electron chi connectivity index (χ0n) is 10.3. The number of H-pyrrole nitrogens is 1. The number of hydrogen-bond acceptors (Lipinski definition) is 4. The molecule has 0 aliphatic rings. The van der Waals surface area contributed by atoms with Crippen LogP contribution in [0.5, 0.6) is 0 Å². The first-order valence-electron chi connectivity index (χ1n) is 5.65. The van der Waals surface area contributed by atoms with Gasteiger partial charge in [-0.15, -0.1) is 0 Å². The van der Waals surface area contributed by atoms with Crippen LogP contribution in [0.2, 0.25) is 0 Å². The van der Waals surface area contributed by atoms with Gasteiger partial charge in [0.05, 0.1) is 11.4 Å². The van der Waals surface area contributed by atoms with Crippen molar-refractivity contribution in [3.05, 3.63) is 35.8 Å². The number of rotatable bonds is 3. The second kappa shape index (κ2) is 4.87. The molecule has 0 saturated carbocycles. The molecule has 0 unspecified atom stereocenters. The molecular formula is C12H15N5O. The van der Waals surface area contributed by atoms with E-state index in [0.29, 0.717) is 11.5 Å². The lowest BCUT2D eigenvalue weighted by Gasteiger charge is -2.04. The van der Waals surface area contributed by atoms with Gasteiger partial charge in [0.25, 0.3) is 5.91 Å². The molecule has 94 valence electrons. The Bertz CT molecular complexity index is 547. The van der Waals surface area contributed by atoms with Crippen LogP contribution in [-0.2, 0) is 0 Å². The number of nitrogens with one attached hydrogen (secondary N) is 2. The van der Waals surface area contributed by atoms with Crippen molar-refractivity contribution in [3.63, 3.8) is 0 Å². The van der Waals surface area contributed by atoms with Gasteiger partial charge in [-0.05, 0) is 18.1 Å². The van der Waals surface area contributed by atoms with Gasteiger partial charge >= 0.3 is 0 Å². The van der Waals surface area contributed by atoms with Crippen LogP contribution in [0.25, 0.3) is 0 Å². The number of anilines is 2. The smallest absolute Gasteiger partial charge is 0.279 e. The Morgan fingerprint density at radius 2 is 2.22 bits per heavy atom. The van der Waals surface area contributed by atoms with Gasteiger partial charge in [0, 0.05) is 6.20 Å². The van der Waals surface area contributed by atoms with Crippen LogP contribution in [0, 0.1) is 0 Å². The van der Waals surface area contributed by atoms with Crippen molar-refractivity contribution < 1.29 is 4.79 Å². The van der Waals surface area contributed by atoms with E-state index in [1.165, 1.54) is 0 Å².